The molecule has 3 aromatic rings. The van der Waals surface area contributed by atoms with Crippen LogP contribution < -0.4 is 5.32 Å². The van der Waals surface area contributed by atoms with Crippen LogP contribution in [0.25, 0.3) is 10.9 Å². The lowest BCUT2D eigenvalue weighted by Gasteiger charge is -2.45. The van der Waals surface area contributed by atoms with Crippen molar-refractivity contribution in [2.24, 2.45) is 11.3 Å². The number of fused-ring (bicyclic) bond motifs is 3. The highest BCUT2D eigenvalue weighted by Crippen LogP contribution is 2.76. The lowest BCUT2D eigenvalue weighted by Crippen LogP contribution is -2.51. The molecule has 2 saturated carbocycles. The maximum absolute atomic E-state index is 14.2. The van der Waals surface area contributed by atoms with Crippen LogP contribution in [-0.4, -0.2) is 45.1 Å². The Morgan fingerprint density at radius 3 is 2.45 bits per heavy atom. The highest BCUT2D eigenvalue weighted by atomic mass is 16.3. The van der Waals surface area contributed by atoms with Gasteiger partial charge in [0.15, 0.2) is 0 Å². The monoisotopic (exact) mass is 544 g/mol. The van der Waals surface area contributed by atoms with E-state index in [1.54, 1.807) is 0 Å². The van der Waals surface area contributed by atoms with E-state index in [1.165, 1.54) is 42.4 Å². The summed E-state index contributed by atoms with van der Waals surface area (Å²) in [5.41, 5.74) is 5.87. The molecule has 0 bridgehead atoms. The van der Waals surface area contributed by atoms with Crippen molar-refractivity contribution >= 4 is 22.5 Å². The molecular weight excluding hydrogens is 500 g/mol. The van der Waals surface area contributed by atoms with Gasteiger partial charge in [0.05, 0.1) is 31.3 Å². The first-order valence-electron chi connectivity index (χ1n) is 15.1. The molecule has 2 fully saturated rings. The number of anilines is 1. The summed E-state index contributed by atoms with van der Waals surface area (Å²) in [5.74, 6) is 0.469. The van der Waals surface area contributed by atoms with Gasteiger partial charge in [0.2, 0.25) is 5.91 Å². The molecule has 40 heavy (non-hydrogen) atoms. The summed E-state index contributed by atoms with van der Waals surface area (Å²) < 4.78 is 1.97. The fourth-order valence-electron chi connectivity index (χ4n) is 7.74. The summed E-state index contributed by atoms with van der Waals surface area (Å²) in [5, 5.41) is 34.0. The third kappa shape index (κ3) is 4.49. The lowest BCUT2D eigenvalue weighted by molar-refractivity contribution is -0.126. The van der Waals surface area contributed by atoms with Crippen LogP contribution in [0.15, 0.2) is 42.5 Å². The maximum atomic E-state index is 14.2. The summed E-state index contributed by atoms with van der Waals surface area (Å²) in [6.45, 7) is 6.08. The van der Waals surface area contributed by atoms with Crippen LogP contribution in [0.4, 0.5) is 5.69 Å². The van der Waals surface area contributed by atoms with E-state index in [0.29, 0.717) is 5.92 Å². The van der Waals surface area contributed by atoms with Crippen LogP contribution in [-0.2, 0) is 35.0 Å². The number of aliphatic hydroxyl groups is 3. The van der Waals surface area contributed by atoms with E-state index < -0.39 is 16.9 Å². The first-order chi connectivity index (χ1) is 19.1. The first kappa shape index (κ1) is 27.5. The van der Waals surface area contributed by atoms with Gasteiger partial charge in [-0.15, -0.1) is 0 Å². The van der Waals surface area contributed by atoms with Crippen molar-refractivity contribution in [3.63, 3.8) is 0 Å². The van der Waals surface area contributed by atoms with Crippen LogP contribution in [0.5, 0.6) is 0 Å². The Labute approximate surface area is 237 Å². The molecule has 6 rings (SSSR count). The molecule has 2 aromatic carbocycles. The number of aliphatic hydroxyl groups excluding tert-OH is 3. The van der Waals surface area contributed by atoms with E-state index >= 15 is 0 Å². The predicted molar refractivity (Wildman–Crippen MR) is 159 cm³/mol. The minimum absolute atomic E-state index is 0.0500. The molecule has 4 atom stereocenters. The number of aromatic nitrogens is 1. The largest absolute Gasteiger partial charge is 0.395 e. The van der Waals surface area contributed by atoms with Crippen LogP contribution in [0, 0.1) is 11.3 Å². The maximum Gasteiger partial charge on any atom is 0.235 e. The van der Waals surface area contributed by atoms with Crippen LogP contribution >= 0.6 is 0 Å². The summed E-state index contributed by atoms with van der Waals surface area (Å²) in [6, 6.07) is 14.8. The number of rotatable bonds is 8. The molecular formula is C34H44N2O4. The van der Waals surface area contributed by atoms with Gasteiger partial charge in [-0.1, -0.05) is 51.8 Å². The van der Waals surface area contributed by atoms with E-state index in [1.807, 2.05) is 42.7 Å². The topological polar surface area (TPSA) is 94.7 Å². The number of nitrogens with one attached hydrogen (secondary N) is 1. The van der Waals surface area contributed by atoms with Crippen molar-refractivity contribution in [3.8, 4) is 0 Å². The van der Waals surface area contributed by atoms with Crippen molar-refractivity contribution in [1.29, 1.82) is 0 Å². The van der Waals surface area contributed by atoms with Gasteiger partial charge in [-0.3, -0.25) is 4.79 Å². The quantitative estimate of drug-likeness (QED) is 0.312. The molecule has 1 amide bonds. The zero-order valence-corrected chi connectivity index (χ0v) is 24.2. The van der Waals surface area contributed by atoms with Crippen LogP contribution in [0.1, 0.15) is 81.7 Å². The zero-order chi connectivity index (χ0) is 28.3. The summed E-state index contributed by atoms with van der Waals surface area (Å²) in [4.78, 5) is 14.2. The number of carbonyl (C=O) groups is 1. The third-order valence-corrected chi connectivity index (χ3v) is 10.2. The molecule has 6 heteroatoms. The normalized spacial score (nSPS) is 26.7. The predicted octanol–water partition coefficient (Wildman–Crippen LogP) is 5.23. The molecule has 3 aliphatic carbocycles. The second-order valence-corrected chi connectivity index (χ2v) is 13.7. The number of amides is 1. The minimum Gasteiger partial charge on any atom is -0.395 e. The van der Waals surface area contributed by atoms with Gasteiger partial charge < -0.3 is 25.2 Å². The minimum atomic E-state index is -0.903. The molecule has 0 spiro atoms. The molecule has 0 radical (unpaired) electrons. The van der Waals surface area contributed by atoms with Crippen molar-refractivity contribution < 1.29 is 20.1 Å². The van der Waals surface area contributed by atoms with Crippen LogP contribution in [0.3, 0.4) is 0 Å². The average Bonchev–Trinajstić information content (AvgIpc) is 3.30. The van der Waals surface area contributed by atoms with Gasteiger partial charge >= 0.3 is 0 Å². The van der Waals surface area contributed by atoms with E-state index in [-0.39, 0.29) is 31.1 Å². The smallest absolute Gasteiger partial charge is 0.235 e. The number of carbonyl (C=O) groups excluding carboxylic acids is 1. The Morgan fingerprint density at radius 1 is 1.05 bits per heavy atom. The van der Waals surface area contributed by atoms with E-state index in [9.17, 15) is 20.1 Å². The van der Waals surface area contributed by atoms with Crippen molar-refractivity contribution in [3.05, 3.63) is 64.8 Å². The molecule has 6 nitrogen and oxygen atoms in total. The Balaban J connectivity index is 1.33. The van der Waals surface area contributed by atoms with E-state index in [0.717, 1.165) is 48.0 Å². The molecule has 0 saturated heterocycles. The molecule has 4 unspecified atom stereocenters. The standard InChI is InChI=1S/C34H44N2O4/c1-32(2,21-38)30-16-24-15-26(12-13-28(24)36(30)18-27(39)19-37)35-31(40)34(20-33(3)17-29(33)34)25-11-10-22-8-6-4-5-7-9-23(22)14-25/h10-16,27,29,37-39H,4-9,17-21H2,1-3H3,(H,35,40). The van der Waals surface area contributed by atoms with Crippen molar-refractivity contribution in [1.82, 2.24) is 4.57 Å². The molecule has 1 aromatic heterocycles. The van der Waals surface area contributed by atoms with Gasteiger partial charge in [0.1, 0.15) is 0 Å². The van der Waals surface area contributed by atoms with Gasteiger partial charge in [0, 0.05) is 27.7 Å². The van der Waals surface area contributed by atoms with Gasteiger partial charge in [0.25, 0.3) is 0 Å². The van der Waals surface area contributed by atoms with Gasteiger partial charge in [-0.2, -0.15) is 0 Å². The van der Waals surface area contributed by atoms with Gasteiger partial charge in [-0.25, -0.2) is 0 Å². The zero-order valence-electron chi connectivity index (χ0n) is 24.2. The number of aryl methyl sites for hydroxylation is 2. The number of benzene rings is 2. The highest BCUT2D eigenvalue weighted by molar-refractivity contribution is 6.02. The second-order valence-electron chi connectivity index (χ2n) is 13.7. The number of hydrogen-bond donors (Lipinski definition) is 4. The lowest BCUT2D eigenvalue weighted by atomic mass is 9.58. The highest BCUT2D eigenvalue weighted by Gasteiger charge is 2.75. The van der Waals surface area contributed by atoms with E-state index in [4.69, 9.17) is 0 Å². The second kappa shape index (κ2) is 10.0. The average molecular weight is 545 g/mol. The Morgan fingerprint density at radius 2 is 1.80 bits per heavy atom. The summed E-state index contributed by atoms with van der Waals surface area (Å²) >= 11 is 0. The summed E-state index contributed by atoms with van der Waals surface area (Å²) in [6.07, 6.45) is 8.40. The first-order valence-corrected chi connectivity index (χ1v) is 15.1. The van der Waals surface area contributed by atoms with Crippen molar-refractivity contribution in [2.45, 2.75) is 95.6 Å². The molecule has 1 heterocycles. The number of nitrogens with zero attached hydrogens (tertiary/aromatic N) is 1. The van der Waals surface area contributed by atoms with Gasteiger partial charge in [-0.05, 0) is 90.8 Å². The molecule has 0 aliphatic heterocycles. The fourth-order valence-corrected chi connectivity index (χ4v) is 7.74. The summed E-state index contributed by atoms with van der Waals surface area (Å²) in [7, 11) is 0. The SMILES string of the molecule is CC(C)(CO)c1cc2cc(NC(=O)C3(c4ccc5c(c4)CCCCCC5)CC4(C)CC43)ccc2n1CC(O)CO. The molecule has 3 aliphatic rings. The molecule has 4 N–H and O–H groups in total. The van der Waals surface area contributed by atoms with Crippen LogP contribution in [0.2, 0.25) is 0 Å². The Hall–Kier alpha value is -2.67. The van der Waals surface area contributed by atoms with Crippen molar-refractivity contribution in [2.75, 3.05) is 18.5 Å². The number of hydrogen-bond acceptors (Lipinski definition) is 4. The Kier molecular flexibility index (Phi) is 6.88. The fraction of sp³-hybridized carbons (Fsp3) is 0.559. The van der Waals surface area contributed by atoms with E-state index in [2.05, 4.69) is 30.4 Å². The molecule has 214 valence electrons. The third-order valence-electron chi connectivity index (χ3n) is 10.2. The Bertz CT molecular complexity index is 1440.